The molecular formula is C36H45N7O5. The van der Waals surface area contributed by atoms with Crippen LogP contribution in [0.1, 0.15) is 56.8 Å². The van der Waals surface area contributed by atoms with Crippen LogP contribution in [0.5, 0.6) is 11.6 Å². The van der Waals surface area contributed by atoms with Crippen molar-refractivity contribution in [2.75, 3.05) is 33.9 Å². The first-order chi connectivity index (χ1) is 23.1. The van der Waals surface area contributed by atoms with Crippen molar-refractivity contribution in [3.63, 3.8) is 0 Å². The van der Waals surface area contributed by atoms with Crippen molar-refractivity contribution in [1.29, 1.82) is 0 Å². The van der Waals surface area contributed by atoms with Crippen molar-refractivity contribution >= 4 is 34.1 Å². The van der Waals surface area contributed by atoms with Crippen molar-refractivity contribution in [2.45, 2.75) is 77.2 Å². The van der Waals surface area contributed by atoms with Crippen LogP contribution in [-0.2, 0) is 17.8 Å². The standard InChI is InChI=1S/C36H45N7O5/c1-36(2,3)48-35(45)40-30-23-8-10-26(30)42(19-23)34(44)24-12-25-31(28(14-24)46-4)43(18-21-15-37-16-21)33(38-25)27-13-22-9-11-29(47-5)39-32(22)41(27)17-20-6-7-20/h9,11-14,20-21,23,26,30,37H,6-8,10,15-19H2,1-5H3,(H,40,45)/t23?,26?,30-/m1/s1. The summed E-state index contributed by atoms with van der Waals surface area (Å²) in [4.78, 5) is 38.9. The second-order valence-electron chi connectivity index (χ2n) is 15.0. The van der Waals surface area contributed by atoms with Gasteiger partial charge in [0.1, 0.15) is 22.5 Å². The largest absolute Gasteiger partial charge is 0.494 e. The molecular weight excluding hydrogens is 610 g/mol. The summed E-state index contributed by atoms with van der Waals surface area (Å²) in [6.07, 6.45) is 3.79. The van der Waals surface area contributed by atoms with E-state index in [4.69, 9.17) is 24.2 Å². The number of piperidine rings is 1. The smallest absolute Gasteiger partial charge is 0.407 e. The minimum Gasteiger partial charge on any atom is -0.494 e. The fraction of sp³-hybridized carbons (Fsp3) is 0.556. The van der Waals surface area contributed by atoms with Crippen LogP contribution in [0.3, 0.4) is 0 Å². The number of benzene rings is 1. The number of rotatable bonds is 9. The van der Waals surface area contributed by atoms with Crippen LogP contribution in [0, 0.1) is 17.8 Å². The Labute approximate surface area is 280 Å². The second kappa shape index (κ2) is 11.7. The molecule has 2 saturated carbocycles. The van der Waals surface area contributed by atoms with Crippen molar-refractivity contribution in [3.8, 4) is 23.1 Å². The predicted octanol–water partition coefficient (Wildman–Crippen LogP) is 4.83. The Morgan fingerprint density at radius 2 is 1.75 bits per heavy atom. The van der Waals surface area contributed by atoms with Gasteiger partial charge in [-0.05, 0) is 82.6 Å². The molecule has 2 amide bonds. The molecule has 3 aromatic heterocycles. The van der Waals surface area contributed by atoms with Crippen molar-refractivity contribution in [2.24, 2.45) is 17.8 Å². The molecule has 2 N–H and O–H groups in total. The summed E-state index contributed by atoms with van der Waals surface area (Å²) in [6, 6.07) is 9.70. The third-order valence-corrected chi connectivity index (χ3v) is 10.4. The molecule has 2 bridgehead atoms. The minimum atomic E-state index is -0.587. The summed E-state index contributed by atoms with van der Waals surface area (Å²) in [7, 11) is 3.30. The van der Waals surface area contributed by atoms with Gasteiger partial charge in [-0.25, -0.2) is 9.78 Å². The summed E-state index contributed by atoms with van der Waals surface area (Å²) < 4.78 is 21.6. The third kappa shape index (κ3) is 5.53. The molecule has 12 nitrogen and oxygen atoms in total. The van der Waals surface area contributed by atoms with Gasteiger partial charge >= 0.3 is 6.09 Å². The molecule has 2 saturated heterocycles. The molecule has 2 aliphatic carbocycles. The summed E-state index contributed by atoms with van der Waals surface area (Å²) in [5.74, 6) is 3.25. The number of fused-ring (bicyclic) bond motifs is 4. The number of amides is 2. The lowest BCUT2D eigenvalue weighted by Crippen LogP contribution is -2.46. The maximum atomic E-state index is 14.2. The average molecular weight is 656 g/mol. The second-order valence-corrected chi connectivity index (χ2v) is 15.0. The van der Waals surface area contributed by atoms with Gasteiger partial charge in [-0.15, -0.1) is 0 Å². The van der Waals surface area contributed by atoms with Gasteiger partial charge in [-0.1, -0.05) is 0 Å². The van der Waals surface area contributed by atoms with Gasteiger partial charge in [0, 0.05) is 55.7 Å². The fourth-order valence-corrected chi connectivity index (χ4v) is 7.83. The third-order valence-electron chi connectivity index (χ3n) is 10.4. The van der Waals surface area contributed by atoms with Crippen LogP contribution < -0.4 is 20.1 Å². The van der Waals surface area contributed by atoms with E-state index in [1.807, 2.05) is 43.9 Å². The Hall–Kier alpha value is -4.32. The van der Waals surface area contributed by atoms with Crippen molar-refractivity contribution in [1.82, 2.24) is 34.6 Å². The molecule has 254 valence electrons. The highest BCUT2D eigenvalue weighted by Gasteiger charge is 2.50. The lowest BCUT2D eigenvalue weighted by Gasteiger charge is -2.29. The number of carbonyl (C=O) groups is 2. The summed E-state index contributed by atoms with van der Waals surface area (Å²) in [5, 5.41) is 7.51. The van der Waals surface area contributed by atoms with E-state index in [0.717, 1.165) is 72.6 Å². The van der Waals surface area contributed by atoms with E-state index in [0.29, 0.717) is 35.6 Å². The van der Waals surface area contributed by atoms with Gasteiger partial charge in [0.15, 0.2) is 5.82 Å². The Morgan fingerprint density at radius 1 is 0.958 bits per heavy atom. The Balaban J connectivity index is 1.18. The topological polar surface area (TPSA) is 125 Å². The van der Waals surface area contributed by atoms with Crippen LogP contribution in [0.25, 0.3) is 33.6 Å². The average Bonchev–Trinajstić information content (AvgIpc) is 3.35. The summed E-state index contributed by atoms with van der Waals surface area (Å²) >= 11 is 0. The number of pyridine rings is 1. The Kier molecular flexibility index (Phi) is 7.54. The van der Waals surface area contributed by atoms with Crippen LogP contribution in [0.2, 0.25) is 0 Å². The van der Waals surface area contributed by atoms with Crippen LogP contribution >= 0.6 is 0 Å². The number of aromatic nitrogens is 4. The Bertz CT molecular complexity index is 1900. The van der Waals surface area contributed by atoms with E-state index in [2.05, 4.69) is 31.9 Å². The molecule has 2 aliphatic heterocycles. The predicted molar refractivity (Wildman–Crippen MR) is 181 cm³/mol. The summed E-state index contributed by atoms with van der Waals surface area (Å²) in [5.41, 5.74) is 3.45. The van der Waals surface area contributed by atoms with Gasteiger partial charge in [0.2, 0.25) is 5.88 Å². The number of methoxy groups -OCH3 is 2. The number of carbonyl (C=O) groups excluding carboxylic acids is 2. The minimum absolute atomic E-state index is 0.0724. The van der Waals surface area contributed by atoms with E-state index in [9.17, 15) is 9.59 Å². The SMILES string of the molecule is COc1ccc2cc(-c3nc4cc(C(=O)N5CC6CCC5[C@@H]6NC(=O)OC(C)(C)C)cc(OC)c4n3CC3CNC3)n(CC3CC3)c2n1. The van der Waals surface area contributed by atoms with Gasteiger partial charge in [-0.3, -0.25) is 4.79 Å². The van der Waals surface area contributed by atoms with E-state index in [1.54, 1.807) is 14.2 Å². The van der Waals surface area contributed by atoms with Crippen molar-refractivity contribution in [3.05, 3.63) is 35.9 Å². The molecule has 0 spiro atoms. The highest BCUT2D eigenvalue weighted by molar-refractivity contribution is 6.00. The molecule has 5 heterocycles. The number of imidazole rings is 1. The maximum absolute atomic E-state index is 14.2. The number of hydrogen-bond acceptors (Lipinski definition) is 8. The molecule has 1 aromatic carbocycles. The zero-order valence-corrected chi connectivity index (χ0v) is 28.4. The molecule has 4 aliphatic rings. The number of nitrogens with zero attached hydrogens (tertiary/aromatic N) is 5. The first kappa shape index (κ1) is 31.0. The normalized spacial score (nSPS) is 22.4. The van der Waals surface area contributed by atoms with E-state index >= 15 is 0 Å². The van der Waals surface area contributed by atoms with Crippen LogP contribution in [0.4, 0.5) is 4.79 Å². The lowest BCUT2D eigenvalue weighted by atomic mass is 10.0. The van der Waals surface area contributed by atoms with Crippen LogP contribution in [0.15, 0.2) is 30.3 Å². The first-order valence-electron chi connectivity index (χ1n) is 17.2. The summed E-state index contributed by atoms with van der Waals surface area (Å²) in [6.45, 7) is 9.68. The highest BCUT2D eigenvalue weighted by Crippen LogP contribution is 2.41. The molecule has 0 radical (unpaired) electrons. The van der Waals surface area contributed by atoms with Gasteiger partial charge in [0.25, 0.3) is 5.91 Å². The molecule has 3 atom stereocenters. The first-order valence-corrected chi connectivity index (χ1v) is 17.2. The van der Waals surface area contributed by atoms with Gasteiger partial charge < -0.3 is 38.9 Å². The van der Waals surface area contributed by atoms with Gasteiger partial charge in [0.05, 0.1) is 37.5 Å². The highest BCUT2D eigenvalue weighted by atomic mass is 16.6. The quantitative estimate of drug-likeness (QED) is 0.263. The lowest BCUT2D eigenvalue weighted by molar-refractivity contribution is 0.0485. The number of alkyl carbamates (subject to hydrolysis) is 1. The maximum Gasteiger partial charge on any atom is 0.407 e. The number of nitrogens with one attached hydrogen (secondary N) is 2. The van der Waals surface area contributed by atoms with Crippen molar-refractivity contribution < 1.29 is 23.8 Å². The number of likely N-dealkylation sites (tertiary alicyclic amines) is 1. The number of hydrogen-bond donors (Lipinski definition) is 2. The Morgan fingerprint density at radius 3 is 2.44 bits per heavy atom. The molecule has 8 rings (SSSR count). The zero-order valence-electron chi connectivity index (χ0n) is 28.4. The molecule has 48 heavy (non-hydrogen) atoms. The monoisotopic (exact) mass is 655 g/mol. The molecule has 4 fully saturated rings. The fourth-order valence-electron chi connectivity index (χ4n) is 7.83. The molecule has 4 aromatic rings. The van der Waals surface area contributed by atoms with E-state index in [1.165, 1.54) is 12.8 Å². The van der Waals surface area contributed by atoms with E-state index in [-0.39, 0.29) is 23.9 Å². The van der Waals surface area contributed by atoms with Crippen LogP contribution in [-0.4, -0.2) is 87.5 Å². The van der Waals surface area contributed by atoms with E-state index < -0.39 is 11.7 Å². The zero-order chi connectivity index (χ0) is 33.3. The molecule has 12 heteroatoms. The molecule has 2 unspecified atom stereocenters. The number of ether oxygens (including phenoxy) is 3. The van der Waals surface area contributed by atoms with Gasteiger partial charge in [-0.2, -0.15) is 4.98 Å².